The molecule has 1 saturated carbocycles. The zero-order valence-electron chi connectivity index (χ0n) is 16.1. The second-order valence-electron chi connectivity index (χ2n) is 6.96. The third kappa shape index (κ3) is 4.90. The summed E-state index contributed by atoms with van der Waals surface area (Å²) in [6.45, 7) is -0.395. The second kappa shape index (κ2) is 8.18. The molecular weight excluding hydrogens is 396 g/mol. The van der Waals surface area contributed by atoms with Gasteiger partial charge in [0.15, 0.2) is 0 Å². The average Bonchev–Trinajstić information content (AvgIpc) is 3.47. The Morgan fingerprint density at radius 1 is 1.14 bits per heavy atom. The van der Waals surface area contributed by atoms with E-state index >= 15 is 0 Å². The van der Waals surface area contributed by atoms with Crippen molar-refractivity contribution in [3.05, 3.63) is 58.5 Å². The lowest BCUT2D eigenvalue weighted by atomic mass is 10.1. The molecule has 29 heavy (non-hydrogen) atoms. The van der Waals surface area contributed by atoms with Gasteiger partial charge in [-0.3, -0.25) is 14.4 Å². The lowest BCUT2D eigenvalue weighted by molar-refractivity contribution is -0.116. The van der Waals surface area contributed by atoms with E-state index in [-0.39, 0.29) is 16.8 Å². The molecule has 0 saturated heterocycles. The molecule has 1 aromatic heterocycles. The number of sulfonamides is 1. The summed E-state index contributed by atoms with van der Waals surface area (Å²) < 4.78 is 26.5. The van der Waals surface area contributed by atoms with Crippen molar-refractivity contribution in [1.82, 2.24) is 14.2 Å². The average molecular weight is 418 g/mol. The molecule has 10 heteroatoms. The molecule has 0 aliphatic heterocycles. The van der Waals surface area contributed by atoms with Gasteiger partial charge in [-0.1, -0.05) is 12.1 Å². The molecule has 0 radical (unpaired) electrons. The fourth-order valence-corrected chi connectivity index (χ4v) is 3.54. The number of nitrogens with zero attached hydrogens (tertiary/aromatic N) is 2. The maximum atomic E-state index is 12.5. The Bertz CT molecular complexity index is 1100. The van der Waals surface area contributed by atoms with Crippen LogP contribution in [0.25, 0.3) is 0 Å². The van der Waals surface area contributed by atoms with E-state index in [0.29, 0.717) is 11.3 Å². The van der Waals surface area contributed by atoms with Gasteiger partial charge in [-0.05, 0) is 31.0 Å². The van der Waals surface area contributed by atoms with E-state index in [9.17, 15) is 22.8 Å². The first-order valence-corrected chi connectivity index (χ1v) is 10.5. The standard InChI is InChI=1S/C19H22N4O5S/c1-22(2)29(27,28)14-9-10-18(25)23(11-14)12-17(24)21-16-6-4-3-5-15(16)19(26)20-13-7-8-13/h3-6,9-11,13H,7-8,12H2,1-2H3,(H,20,26)(H,21,24). The largest absolute Gasteiger partial charge is 0.349 e. The molecule has 1 heterocycles. The Morgan fingerprint density at radius 3 is 2.48 bits per heavy atom. The number of hydrogen-bond donors (Lipinski definition) is 2. The lowest BCUT2D eigenvalue weighted by Crippen LogP contribution is -2.30. The zero-order chi connectivity index (χ0) is 21.2. The molecule has 0 bridgehead atoms. The van der Waals surface area contributed by atoms with Crippen molar-refractivity contribution in [3.63, 3.8) is 0 Å². The summed E-state index contributed by atoms with van der Waals surface area (Å²) in [4.78, 5) is 36.8. The van der Waals surface area contributed by atoms with Gasteiger partial charge in [0.05, 0.1) is 16.1 Å². The Morgan fingerprint density at radius 2 is 1.83 bits per heavy atom. The van der Waals surface area contributed by atoms with Crippen molar-refractivity contribution in [1.29, 1.82) is 0 Å². The Hall–Kier alpha value is -2.98. The van der Waals surface area contributed by atoms with E-state index in [1.165, 1.54) is 20.2 Å². The molecule has 2 amide bonds. The maximum Gasteiger partial charge on any atom is 0.253 e. The van der Waals surface area contributed by atoms with Crippen LogP contribution in [-0.2, 0) is 21.4 Å². The Kier molecular flexibility index (Phi) is 5.85. The number of para-hydroxylation sites is 1. The molecule has 0 unspecified atom stereocenters. The number of aromatic nitrogens is 1. The third-order valence-electron chi connectivity index (χ3n) is 4.41. The van der Waals surface area contributed by atoms with Crippen LogP contribution in [0.3, 0.4) is 0 Å². The van der Waals surface area contributed by atoms with Gasteiger partial charge in [-0.2, -0.15) is 0 Å². The van der Waals surface area contributed by atoms with Crippen LogP contribution in [0.4, 0.5) is 5.69 Å². The number of carbonyl (C=O) groups is 2. The summed E-state index contributed by atoms with van der Waals surface area (Å²) in [5.41, 5.74) is 0.127. The highest BCUT2D eigenvalue weighted by molar-refractivity contribution is 7.89. The fraction of sp³-hybridized carbons (Fsp3) is 0.316. The zero-order valence-corrected chi connectivity index (χ0v) is 16.9. The number of hydrogen-bond acceptors (Lipinski definition) is 5. The normalized spacial score (nSPS) is 13.9. The van der Waals surface area contributed by atoms with Crippen LogP contribution in [0, 0.1) is 0 Å². The highest BCUT2D eigenvalue weighted by Gasteiger charge is 2.25. The predicted molar refractivity (Wildman–Crippen MR) is 107 cm³/mol. The smallest absolute Gasteiger partial charge is 0.253 e. The summed E-state index contributed by atoms with van der Waals surface area (Å²) >= 11 is 0. The minimum atomic E-state index is -3.75. The number of rotatable bonds is 7. The van der Waals surface area contributed by atoms with Crippen molar-refractivity contribution >= 4 is 27.5 Å². The van der Waals surface area contributed by atoms with Crippen molar-refractivity contribution in [3.8, 4) is 0 Å². The molecule has 2 N–H and O–H groups in total. The van der Waals surface area contributed by atoms with Gasteiger partial charge >= 0.3 is 0 Å². The van der Waals surface area contributed by atoms with E-state index in [4.69, 9.17) is 0 Å². The fourth-order valence-electron chi connectivity index (χ4n) is 2.62. The van der Waals surface area contributed by atoms with Gasteiger partial charge in [0, 0.05) is 32.4 Å². The quantitative estimate of drug-likeness (QED) is 0.684. The first kappa shape index (κ1) is 20.7. The van der Waals surface area contributed by atoms with Gasteiger partial charge in [0.2, 0.25) is 15.9 Å². The molecule has 1 aliphatic rings. The summed E-state index contributed by atoms with van der Waals surface area (Å²) in [6.07, 6.45) is 3.01. The van der Waals surface area contributed by atoms with Crippen LogP contribution in [0.1, 0.15) is 23.2 Å². The van der Waals surface area contributed by atoms with Crippen LogP contribution in [0.15, 0.2) is 52.3 Å². The summed E-state index contributed by atoms with van der Waals surface area (Å²) in [5, 5.41) is 5.48. The highest BCUT2D eigenvalue weighted by atomic mass is 32.2. The van der Waals surface area contributed by atoms with Crippen molar-refractivity contribution in [2.75, 3.05) is 19.4 Å². The molecule has 0 atom stereocenters. The van der Waals surface area contributed by atoms with Crippen molar-refractivity contribution in [2.45, 2.75) is 30.3 Å². The van der Waals surface area contributed by atoms with Crippen LogP contribution < -0.4 is 16.2 Å². The van der Waals surface area contributed by atoms with Crippen LogP contribution in [0.5, 0.6) is 0 Å². The van der Waals surface area contributed by atoms with Gasteiger partial charge in [0.25, 0.3) is 11.5 Å². The van der Waals surface area contributed by atoms with E-state index in [1.54, 1.807) is 24.3 Å². The summed E-state index contributed by atoms with van der Waals surface area (Å²) in [7, 11) is -0.993. The maximum absolute atomic E-state index is 12.5. The van der Waals surface area contributed by atoms with Gasteiger partial charge in [0.1, 0.15) is 6.54 Å². The van der Waals surface area contributed by atoms with Crippen molar-refractivity contribution < 1.29 is 18.0 Å². The summed E-state index contributed by atoms with van der Waals surface area (Å²) in [6, 6.07) is 9.03. The second-order valence-corrected chi connectivity index (χ2v) is 9.11. The molecule has 9 nitrogen and oxygen atoms in total. The molecule has 3 rings (SSSR count). The molecule has 0 spiro atoms. The SMILES string of the molecule is CN(C)S(=O)(=O)c1ccc(=O)n(CC(=O)Nc2ccccc2C(=O)NC2CC2)c1. The molecular formula is C19H22N4O5S. The molecule has 1 aromatic carbocycles. The molecule has 2 aromatic rings. The summed E-state index contributed by atoms with van der Waals surface area (Å²) in [5.74, 6) is -0.835. The minimum Gasteiger partial charge on any atom is -0.349 e. The number of pyridine rings is 1. The Balaban J connectivity index is 1.78. The van der Waals surface area contributed by atoms with E-state index in [1.807, 2.05) is 0 Å². The predicted octanol–water partition coefficient (Wildman–Crippen LogP) is 0.630. The third-order valence-corrected chi connectivity index (χ3v) is 6.21. The van der Waals surface area contributed by atoms with E-state index in [0.717, 1.165) is 34.0 Å². The molecule has 1 fully saturated rings. The van der Waals surface area contributed by atoms with Crippen LogP contribution in [0.2, 0.25) is 0 Å². The van der Waals surface area contributed by atoms with E-state index in [2.05, 4.69) is 10.6 Å². The molecule has 1 aliphatic carbocycles. The first-order valence-electron chi connectivity index (χ1n) is 9.01. The Labute approximate surface area is 168 Å². The minimum absolute atomic E-state index is 0.0980. The van der Waals surface area contributed by atoms with Crippen LogP contribution in [-0.4, -0.2) is 49.2 Å². The number of carbonyl (C=O) groups excluding carboxylic acids is 2. The monoisotopic (exact) mass is 418 g/mol. The van der Waals surface area contributed by atoms with Gasteiger partial charge < -0.3 is 15.2 Å². The van der Waals surface area contributed by atoms with Gasteiger partial charge in [-0.15, -0.1) is 0 Å². The highest BCUT2D eigenvalue weighted by Crippen LogP contribution is 2.21. The lowest BCUT2D eigenvalue weighted by Gasteiger charge is -2.14. The number of benzene rings is 1. The van der Waals surface area contributed by atoms with E-state index < -0.39 is 28.0 Å². The van der Waals surface area contributed by atoms with Crippen molar-refractivity contribution in [2.24, 2.45) is 0 Å². The number of amides is 2. The van der Waals surface area contributed by atoms with Gasteiger partial charge in [-0.25, -0.2) is 12.7 Å². The molecule has 154 valence electrons. The first-order chi connectivity index (χ1) is 13.7. The topological polar surface area (TPSA) is 118 Å². The van der Waals surface area contributed by atoms with Crippen LogP contribution >= 0.6 is 0 Å². The number of anilines is 1. The number of nitrogens with one attached hydrogen (secondary N) is 2.